The Labute approximate surface area is 86.9 Å². The molecule has 0 aliphatic carbocycles. The molecule has 0 atom stereocenters. The molecule has 0 aliphatic rings. The molecule has 0 aliphatic heterocycles. The highest BCUT2D eigenvalue weighted by Gasteiger charge is 2.12. The summed E-state index contributed by atoms with van der Waals surface area (Å²) in [6, 6.07) is 2.69. The van der Waals surface area contributed by atoms with Crippen LogP contribution < -0.4 is 4.74 Å². The summed E-state index contributed by atoms with van der Waals surface area (Å²) < 4.78 is 9.20. The first-order valence-electron chi connectivity index (χ1n) is 4.24. The Morgan fingerprint density at radius 3 is 2.20 bits per heavy atom. The Morgan fingerprint density at radius 1 is 1.27 bits per heavy atom. The summed E-state index contributed by atoms with van der Waals surface area (Å²) in [5.41, 5.74) is 0.456. The fourth-order valence-electron chi connectivity index (χ4n) is 1.21. The number of aromatic hydroxyl groups is 2. The maximum Gasteiger partial charge on any atom is 0.309 e. The fourth-order valence-corrected chi connectivity index (χ4v) is 1.21. The van der Waals surface area contributed by atoms with Crippen molar-refractivity contribution in [2.24, 2.45) is 0 Å². The van der Waals surface area contributed by atoms with Crippen LogP contribution in [0.2, 0.25) is 0 Å². The van der Waals surface area contributed by atoms with Crippen LogP contribution in [0, 0.1) is 0 Å². The maximum atomic E-state index is 10.9. The average molecular weight is 212 g/mol. The molecular weight excluding hydrogens is 200 g/mol. The summed E-state index contributed by atoms with van der Waals surface area (Å²) in [6.45, 7) is 0. The lowest BCUT2D eigenvalue weighted by atomic mass is 10.1. The minimum Gasteiger partial charge on any atom is -0.504 e. The minimum absolute atomic E-state index is 0.0105. The monoisotopic (exact) mass is 212 g/mol. The first-order valence-corrected chi connectivity index (χ1v) is 4.24. The van der Waals surface area contributed by atoms with E-state index in [1.165, 1.54) is 26.4 Å². The van der Waals surface area contributed by atoms with E-state index in [4.69, 9.17) is 4.74 Å². The number of ether oxygens (including phenoxy) is 2. The van der Waals surface area contributed by atoms with Crippen molar-refractivity contribution in [3.8, 4) is 17.2 Å². The zero-order chi connectivity index (χ0) is 11.4. The number of hydrogen-bond acceptors (Lipinski definition) is 5. The van der Waals surface area contributed by atoms with Gasteiger partial charge in [0, 0.05) is 0 Å². The van der Waals surface area contributed by atoms with E-state index in [0.717, 1.165) is 0 Å². The predicted octanol–water partition coefficient (Wildman–Crippen LogP) is 0.822. The van der Waals surface area contributed by atoms with Gasteiger partial charge in [0.15, 0.2) is 11.5 Å². The van der Waals surface area contributed by atoms with Gasteiger partial charge in [0.25, 0.3) is 0 Å². The first kappa shape index (κ1) is 11.2. The molecule has 0 saturated carbocycles. The van der Waals surface area contributed by atoms with Gasteiger partial charge < -0.3 is 19.7 Å². The van der Waals surface area contributed by atoms with Crippen molar-refractivity contribution in [3.63, 3.8) is 0 Å². The molecule has 0 amide bonds. The molecule has 0 saturated heterocycles. The highest BCUT2D eigenvalue weighted by Crippen LogP contribution is 2.36. The van der Waals surface area contributed by atoms with Crippen LogP contribution in [-0.2, 0) is 16.0 Å². The van der Waals surface area contributed by atoms with E-state index in [9.17, 15) is 15.0 Å². The Kier molecular flexibility index (Phi) is 3.38. The van der Waals surface area contributed by atoms with Gasteiger partial charge in [-0.2, -0.15) is 0 Å². The highest BCUT2D eigenvalue weighted by atomic mass is 16.5. The van der Waals surface area contributed by atoms with Gasteiger partial charge >= 0.3 is 5.97 Å². The summed E-state index contributed by atoms with van der Waals surface area (Å²) >= 11 is 0. The lowest BCUT2D eigenvalue weighted by Crippen LogP contribution is -2.04. The number of rotatable bonds is 3. The van der Waals surface area contributed by atoms with Crippen LogP contribution in [0.15, 0.2) is 12.1 Å². The largest absolute Gasteiger partial charge is 0.504 e. The van der Waals surface area contributed by atoms with Crippen LogP contribution in [0.3, 0.4) is 0 Å². The Morgan fingerprint density at radius 2 is 1.80 bits per heavy atom. The van der Waals surface area contributed by atoms with Crippen LogP contribution in [0.4, 0.5) is 0 Å². The molecule has 0 fully saturated rings. The van der Waals surface area contributed by atoms with Crippen LogP contribution >= 0.6 is 0 Å². The van der Waals surface area contributed by atoms with Gasteiger partial charge in [0.05, 0.1) is 20.6 Å². The molecule has 0 unspecified atom stereocenters. The molecule has 0 bridgehead atoms. The molecule has 1 aromatic rings. The molecule has 0 radical (unpaired) electrons. The van der Waals surface area contributed by atoms with Crippen LogP contribution in [0.25, 0.3) is 0 Å². The molecule has 0 spiro atoms. The number of carbonyl (C=O) groups excluding carboxylic acids is 1. The number of carbonyl (C=O) groups is 1. The quantitative estimate of drug-likeness (QED) is 0.725. The van der Waals surface area contributed by atoms with Crippen molar-refractivity contribution in [2.75, 3.05) is 14.2 Å². The van der Waals surface area contributed by atoms with E-state index in [1.54, 1.807) is 0 Å². The summed E-state index contributed by atoms with van der Waals surface area (Å²) in [5.74, 6) is -0.879. The Hall–Kier alpha value is -1.91. The third-order valence-corrected chi connectivity index (χ3v) is 1.89. The smallest absolute Gasteiger partial charge is 0.309 e. The third kappa shape index (κ3) is 2.52. The van der Waals surface area contributed by atoms with Gasteiger partial charge in [0.1, 0.15) is 0 Å². The summed E-state index contributed by atoms with van der Waals surface area (Å²) in [7, 11) is 2.60. The lowest BCUT2D eigenvalue weighted by molar-refractivity contribution is -0.139. The van der Waals surface area contributed by atoms with Crippen molar-refractivity contribution < 1.29 is 24.5 Å². The topological polar surface area (TPSA) is 76.0 Å². The number of phenols is 2. The van der Waals surface area contributed by atoms with E-state index in [1.807, 2.05) is 0 Å². The second kappa shape index (κ2) is 4.54. The summed E-state index contributed by atoms with van der Waals surface area (Å²) in [4.78, 5) is 10.9. The third-order valence-electron chi connectivity index (χ3n) is 1.89. The zero-order valence-corrected chi connectivity index (χ0v) is 8.48. The van der Waals surface area contributed by atoms with Gasteiger partial charge in [-0.15, -0.1) is 0 Å². The van der Waals surface area contributed by atoms with E-state index in [2.05, 4.69) is 4.74 Å². The number of esters is 1. The first-order chi connectivity index (χ1) is 7.08. The van der Waals surface area contributed by atoms with Crippen molar-refractivity contribution >= 4 is 5.97 Å². The molecule has 5 heteroatoms. The Balaban J connectivity index is 2.98. The molecular formula is C10H12O5. The molecule has 1 aromatic carbocycles. The second-order valence-corrected chi connectivity index (χ2v) is 2.92. The normalized spacial score (nSPS) is 9.73. The van der Waals surface area contributed by atoms with E-state index < -0.39 is 5.97 Å². The predicted molar refractivity (Wildman–Crippen MR) is 52.0 cm³/mol. The highest BCUT2D eigenvalue weighted by molar-refractivity contribution is 5.73. The SMILES string of the molecule is COC(=O)Cc1cc(O)c(OC)c(O)c1. The molecule has 82 valence electrons. The van der Waals surface area contributed by atoms with Crippen molar-refractivity contribution in [3.05, 3.63) is 17.7 Å². The van der Waals surface area contributed by atoms with Crippen molar-refractivity contribution in [1.82, 2.24) is 0 Å². The minimum atomic E-state index is -0.445. The molecule has 0 heterocycles. The average Bonchev–Trinajstić information content (AvgIpc) is 2.17. The second-order valence-electron chi connectivity index (χ2n) is 2.92. The van der Waals surface area contributed by atoms with Gasteiger partial charge in [-0.1, -0.05) is 0 Å². The van der Waals surface area contributed by atoms with Crippen LogP contribution in [-0.4, -0.2) is 30.4 Å². The van der Waals surface area contributed by atoms with Gasteiger partial charge in [-0.05, 0) is 17.7 Å². The van der Waals surface area contributed by atoms with Crippen LogP contribution in [0.1, 0.15) is 5.56 Å². The summed E-state index contributed by atoms with van der Waals surface area (Å²) in [6.07, 6.45) is -0.0123. The number of methoxy groups -OCH3 is 2. The number of benzene rings is 1. The molecule has 5 nitrogen and oxygen atoms in total. The zero-order valence-electron chi connectivity index (χ0n) is 8.48. The van der Waals surface area contributed by atoms with Crippen molar-refractivity contribution in [1.29, 1.82) is 0 Å². The van der Waals surface area contributed by atoms with Crippen LogP contribution in [0.5, 0.6) is 17.2 Å². The Bertz CT molecular complexity index is 349. The molecule has 0 aromatic heterocycles. The number of phenolic OH excluding ortho intramolecular Hbond substituents is 2. The van der Waals surface area contributed by atoms with E-state index in [0.29, 0.717) is 5.56 Å². The maximum absolute atomic E-state index is 10.9. The van der Waals surface area contributed by atoms with E-state index >= 15 is 0 Å². The fraction of sp³-hybridized carbons (Fsp3) is 0.300. The van der Waals surface area contributed by atoms with Gasteiger partial charge in [-0.3, -0.25) is 4.79 Å². The van der Waals surface area contributed by atoms with E-state index in [-0.39, 0.29) is 23.7 Å². The van der Waals surface area contributed by atoms with Gasteiger partial charge in [0.2, 0.25) is 5.75 Å². The lowest BCUT2D eigenvalue weighted by Gasteiger charge is -2.08. The standard InChI is InChI=1S/C10H12O5/c1-14-9(13)5-6-3-7(11)10(15-2)8(12)4-6/h3-4,11-12H,5H2,1-2H3. The van der Waals surface area contributed by atoms with Crippen molar-refractivity contribution in [2.45, 2.75) is 6.42 Å². The van der Waals surface area contributed by atoms with Gasteiger partial charge in [-0.25, -0.2) is 0 Å². The molecule has 1 rings (SSSR count). The molecule has 2 N–H and O–H groups in total. The number of hydrogen-bond donors (Lipinski definition) is 2. The summed E-state index contributed by atoms with van der Waals surface area (Å²) in [5, 5.41) is 18.8. The molecule has 15 heavy (non-hydrogen) atoms.